The maximum Gasteiger partial charge on any atom is 1.00 e. The zero-order chi connectivity index (χ0) is 27.6. The van der Waals surface area contributed by atoms with Crippen molar-refractivity contribution < 1.29 is 35.5 Å². The summed E-state index contributed by atoms with van der Waals surface area (Å²) in [6.07, 6.45) is 0. The van der Waals surface area contributed by atoms with Gasteiger partial charge in [-0.1, -0.05) is 78.9 Å². The Bertz CT molecular complexity index is 1310. The van der Waals surface area contributed by atoms with E-state index in [4.69, 9.17) is 8.74 Å². The molecule has 4 aromatic rings. The summed E-state index contributed by atoms with van der Waals surface area (Å²) in [5.74, 6) is 0.510. The summed E-state index contributed by atoms with van der Waals surface area (Å²) in [7, 11) is -4.15. The first-order valence-corrected chi connectivity index (χ1v) is 18.1. The molecule has 4 aromatic carbocycles. The molecule has 4 rings (SSSR count). The van der Waals surface area contributed by atoms with E-state index in [0.29, 0.717) is 5.75 Å². The van der Waals surface area contributed by atoms with E-state index >= 15 is 0 Å². The molecule has 0 radical (unpaired) electrons. The summed E-state index contributed by atoms with van der Waals surface area (Å²) >= 11 is -10.1. The Hall–Kier alpha value is -2.66. The second kappa shape index (κ2) is 11.8. The topological polar surface area (TPSA) is 63.6 Å². The van der Waals surface area contributed by atoms with E-state index in [-0.39, 0.29) is 6.32 Å². The van der Waals surface area contributed by atoms with Gasteiger partial charge in [0.15, 0.2) is 0 Å². The second-order valence-corrected chi connectivity index (χ2v) is 14.8. The number of rotatable bonds is 5. The van der Waals surface area contributed by atoms with Crippen molar-refractivity contribution in [3.05, 3.63) is 115 Å². The number of hydrogen-bond acceptors (Lipinski definition) is 4. The van der Waals surface area contributed by atoms with Crippen LogP contribution in [0.5, 0.6) is 5.75 Å². The molecule has 0 heterocycles. The van der Waals surface area contributed by atoms with Crippen molar-refractivity contribution >= 4 is 41.6 Å². The molecule has 37 heavy (non-hydrogen) atoms. The van der Waals surface area contributed by atoms with E-state index < -0.39 is 29.6 Å². The SMILES string of the molecule is O=S(=O)(O)c1ccc(OSc2ccccc2)cc1.[F][Sb-]([F])([F])([F])([F])[F].[H+].c1ccc(-c2ccccc2)cc1. The van der Waals surface area contributed by atoms with Gasteiger partial charge >= 0.3 is 37.8 Å². The van der Waals surface area contributed by atoms with Gasteiger partial charge in [0.2, 0.25) is 0 Å². The van der Waals surface area contributed by atoms with Gasteiger partial charge < -0.3 is 4.18 Å². The van der Waals surface area contributed by atoms with Gasteiger partial charge in [0.05, 0.1) is 16.9 Å². The van der Waals surface area contributed by atoms with Gasteiger partial charge in [0.1, 0.15) is 5.75 Å². The van der Waals surface area contributed by atoms with E-state index in [1.807, 2.05) is 42.5 Å². The van der Waals surface area contributed by atoms with E-state index in [2.05, 4.69) is 48.5 Å². The average Bonchev–Trinajstić information content (AvgIpc) is 2.83. The third-order valence-corrected chi connectivity index (χ3v) is 5.59. The van der Waals surface area contributed by atoms with E-state index in [1.54, 1.807) is 0 Å². The molecule has 0 aliphatic carbocycles. The summed E-state index contributed by atoms with van der Waals surface area (Å²) in [5.41, 5.74) is 2.55. The van der Waals surface area contributed by atoms with Crippen LogP contribution in [-0.4, -0.2) is 32.4 Å². The van der Waals surface area contributed by atoms with Crippen LogP contribution in [0.4, 0.5) is 16.9 Å². The molecule has 0 saturated carbocycles. The Morgan fingerprint density at radius 1 is 0.622 bits per heavy atom. The van der Waals surface area contributed by atoms with E-state index in [0.717, 1.165) is 4.90 Å². The maximum absolute atomic E-state index is 11.2. The Morgan fingerprint density at radius 3 is 1.32 bits per heavy atom. The third-order valence-electron chi connectivity index (χ3n) is 3.98. The molecule has 1 N–H and O–H groups in total. The second-order valence-electron chi connectivity index (χ2n) is 7.12. The average molecular weight is 673 g/mol. The van der Waals surface area contributed by atoms with Gasteiger partial charge in [0, 0.05) is 4.90 Å². The molecule has 0 spiro atoms. The number of benzene rings is 4. The van der Waals surface area contributed by atoms with Crippen LogP contribution < -0.4 is 4.18 Å². The molecule has 4 nitrogen and oxygen atoms in total. The van der Waals surface area contributed by atoms with Crippen LogP contribution >= 0.6 is 12.0 Å². The molecule has 0 bridgehead atoms. The fourth-order valence-corrected chi connectivity index (χ4v) is 3.55. The van der Waals surface area contributed by atoms with Crippen LogP contribution in [0.3, 0.4) is 0 Å². The zero-order valence-corrected chi connectivity index (χ0v) is 22.9. The third kappa shape index (κ3) is 15.2. The molecule has 0 aliphatic heterocycles. The summed E-state index contributed by atoms with van der Waals surface area (Å²) in [4.78, 5) is 0.788. The summed E-state index contributed by atoms with van der Waals surface area (Å²) in [5, 5.41) is 0. The van der Waals surface area contributed by atoms with Gasteiger partial charge in [-0.25, -0.2) is 0 Å². The molecule has 0 unspecified atom stereocenters. The monoisotopic (exact) mass is 672 g/mol. The smallest absolute Gasteiger partial charge is 0.0622 e. The molecular weight excluding hydrogens is 652 g/mol. The van der Waals surface area contributed by atoms with Crippen LogP contribution in [-0.2, 0) is 10.1 Å². The predicted octanol–water partition coefficient (Wildman–Crippen LogP) is 8.63. The molecular formula is C24H21F6O4S2Sb. The first-order valence-electron chi connectivity index (χ1n) is 10.1. The van der Waals surface area contributed by atoms with Crippen molar-refractivity contribution in [1.82, 2.24) is 0 Å². The van der Waals surface area contributed by atoms with Crippen LogP contribution in [0.2, 0.25) is 0 Å². The first-order chi connectivity index (χ1) is 17.0. The summed E-state index contributed by atoms with van der Waals surface area (Å²) in [6.45, 7) is 0. The molecule has 200 valence electrons. The van der Waals surface area contributed by atoms with Crippen molar-refractivity contribution in [2.24, 2.45) is 0 Å². The van der Waals surface area contributed by atoms with Gasteiger partial charge in [-0.2, -0.15) is 8.42 Å². The Morgan fingerprint density at radius 2 is 0.973 bits per heavy atom. The minimum Gasteiger partial charge on any atom is -0.0622 e. The van der Waals surface area contributed by atoms with Crippen molar-refractivity contribution in [3.63, 3.8) is 0 Å². The molecule has 0 aromatic heterocycles. The summed E-state index contributed by atoms with van der Waals surface area (Å²) in [6, 6.07) is 35.8. The minimum atomic E-state index is -11.2. The quantitative estimate of drug-likeness (QED) is 0.0996. The fraction of sp³-hybridized carbons (Fsp3) is 0. The fourth-order valence-electron chi connectivity index (χ4n) is 2.50. The van der Waals surface area contributed by atoms with Crippen molar-refractivity contribution in [1.29, 1.82) is 0 Å². The van der Waals surface area contributed by atoms with Crippen molar-refractivity contribution in [2.45, 2.75) is 9.79 Å². The molecule has 0 aliphatic rings. The molecule has 13 heteroatoms. The Labute approximate surface area is 218 Å². The predicted molar refractivity (Wildman–Crippen MR) is 135 cm³/mol. The van der Waals surface area contributed by atoms with Crippen LogP contribution in [0.1, 0.15) is 1.43 Å². The van der Waals surface area contributed by atoms with Crippen LogP contribution in [0.15, 0.2) is 125 Å². The Balaban J connectivity index is 0.000000312. The largest absolute Gasteiger partial charge is 1.00 e. The Kier molecular flexibility index (Phi) is 9.75. The van der Waals surface area contributed by atoms with E-state index in [9.17, 15) is 25.3 Å². The zero-order valence-electron chi connectivity index (χ0n) is 19.7. The molecule has 0 amide bonds. The van der Waals surface area contributed by atoms with Crippen molar-refractivity contribution in [2.75, 3.05) is 0 Å². The van der Waals surface area contributed by atoms with Crippen LogP contribution in [0.25, 0.3) is 11.1 Å². The molecule has 0 fully saturated rings. The van der Waals surface area contributed by atoms with Gasteiger partial charge in [-0.15, -0.1) is 0 Å². The van der Waals surface area contributed by atoms with Crippen LogP contribution in [0, 0.1) is 0 Å². The van der Waals surface area contributed by atoms with Gasteiger partial charge in [-0.05, 0) is 47.5 Å². The minimum absolute atomic E-state index is 0. The maximum atomic E-state index is 10.8. The summed E-state index contributed by atoms with van der Waals surface area (Å²) < 4.78 is 95.4. The molecule has 0 saturated heterocycles. The molecule has 0 atom stereocenters. The number of halogens is 6. The standard InChI is InChI=1S/C12H10O4S2.C12H10.6FH.Sb/c13-18(14,15)12-8-6-10(7-9-12)16-17-11-4-2-1-3-5-11;1-3-7-11(8-4-1)12-9-5-2-6-10-12;;;;;;;/h1-9H,(H,13,14,15);1-10H;6*1H;/q;;;;;;;;+5/p-5. The normalized spacial score (nSPS) is 12.9. The van der Waals surface area contributed by atoms with Gasteiger partial charge in [0.25, 0.3) is 10.1 Å². The van der Waals surface area contributed by atoms with Gasteiger partial charge in [-0.3, -0.25) is 4.55 Å². The number of hydrogen-bond donors (Lipinski definition) is 1. The first kappa shape index (κ1) is 30.6. The van der Waals surface area contributed by atoms with E-state index in [1.165, 1.54) is 47.4 Å². The van der Waals surface area contributed by atoms with Crippen molar-refractivity contribution in [3.8, 4) is 16.9 Å².